The third-order valence-electron chi connectivity index (χ3n) is 3.79. The summed E-state index contributed by atoms with van der Waals surface area (Å²) >= 11 is 0. The number of hydrogen-bond acceptors (Lipinski definition) is 2. The van der Waals surface area contributed by atoms with E-state index in [4.69, 9.17) is 5.73 Å². The van der Waals surface area contributed by atoms with Crippen LogP contribution < -0.4 is 5.73 Å². The number of nitrogen functional groups attached to an aromatic ring is 1. The third kappa shape index (κ3) is 1.28. The number of nitrogens with two attached hydrogens (primary N) is 1. The summed E-state index contributed by atoms with van der Waals surface area (Å²) in [5, 5.41) is 6.81. The normalized spacial score (nSPS) is 11.6. The molecule has 0 amide bonds. The topological polar surface area (TPSA) is 43.1 Å². The molecule has 2 N–H and O–H groups in total. The molecule has 0 aliphatic carbocycles. The van der Waals surface area contributed by atoms with Gasteiger partial charge in [0.05, 0.1) is 0 Å². The number of benzene rings is 4. The zero-order valence-corrected chi connectivity index (χ0v) is 10.2. The standard InChI is InChI=1S/C17H11NO/c18-15-6-4-11-1-2-12-7-10(9-19)8-13-3-5-14(15)17(11)16(12)13/h1-9H,18H2. The van der Waals surface area contributed by atoms with Crippen molar-refractivity contribution in [2.75, 3.05) is 5.73 Å². The zero-order valence-electron chi connectivity index (χ0n) is 10.2. The highest BCUT2D eigenvalue weighted by Crippen LogP contribution is 2.37. The molecule has 90 valence electrons. The molecule has 0 radical (unpaired) electrons. The van der Waals surface area contributed by atoms with Gasteiger partial charge in [0.1, 0.15) is 6.29 Å². The van der Waals surface area contributed by atoms with Crippen LogP contribution in [0.25, 0.3) is 32.3 Å². The molecule has 4 rings (SSSR count). The van der Waals surface area contributed by atoms with E-state index in [1.807, 2.05) is 36.4 Å². The molecule has 19 heavy (non-hydrogen) atoms. The van der Waals surface area contributed by atoms with Gasteiger partial charge in [-0.3, -0.25) is 4.79 Å². The van der Waals surface area contributed by atoms with Crippen molar-refractivity contribution in [1.29, 1.82) is 0 Å². The first-order chi connectivity index (χ1) is 9.28. The lowest BCUT2D eigenvalue weighted by Crippen LogP contribution is -1.91. The Kier molecular flexibility index (Phi) is 1.88. The molecule has 0 aromatic heterocycles. The summed E-state index contributed by atoms with van der Waals surface area (Å²) in [6, 6.07) is 16.1. The molecule has 2 nitrogen and oxygen atoms in total. The molecule has 0 fully saturated rings. The molecule has 0 bridgehead atoms. The minimum Gasteiger partial charge on any atom is -0.398 e. The second-order valence-corrected chi connectivity index (χ2v) is 4.89. The van der Waals surface area contributed by atoms with Crippen LogP contribution in [0.5, 0.6) is 0 Å². The summed E-state index contributed by atoms with van der Waals surface area (Å²) in [6.07, 6.45) is 0.892. The highest BCUT2D eigenvalue weighted by Gasteiger charge is 2.10. The SMILES string of the molecule is Nc1ccc2ccc3cc(C=O)cc4ccc1c2c34. The molecule has 2 heteroatoms. The van der Waals surface area contributed by atoms with Crippen LogP contribution in [-0.2, 0) is 0 Å². The quantitative estimate of drug-likeness (QED) is 0.313. The number of rotatable bonds is 1. The predicted molar refractivity (Wildman–Crippen MR) is 79.9 cm³/mol. The zero-order chi connectivity index (χ0) is 13.0. The maximum absolute atomic E-state index is 11.0. The van der Waals surface area contributed by atoms with Crippen LogP contribution in [0, 0.1) is 0 Å². The van der Waals surface area contributed by atoms with Crippen molar-refractivity contribution in [3.05, 3.63) is 54.1 Å². The van der Waals surface area contributed by atoms with E-state index >= 15 is 0 Å². The van der Waals surface area contributed by atoms with Crippen LogP contribution in [0.15, 0.2) is 48.5 Å². The van der Waals surface area contributed by atoms with Gasteiger partial charge in [0.2, 0.25) is 0 Å². The Bertz CT molecular complexity index is 921. The fourth-order valence-electron chi connectivity index (χ4n) is 2.93. The van der Waals surface area contributed by atoms with Crippen LogP contribution in [-0.4, -0.2) is 6.29 Å². The van der Waals surface area contributed by atoms with Gasteiger partial charge in [0.15, 0.2) is 0 Å². The Morgan fingerprint density at radius 1 is 0.789 bits per heavy atom. The summed E-state index contributed by atoms with van der Waals surface area (Å²) in [5.74, 6) is 0. The van der Waals surface area contributed by atoms with Gasteiger partial charge in [-0.2, -0.15) is 0 Å². The van der Waals surface area contributed by atoms with Crippen molar-refractivity contribution in [3.8, 4) is 0 Å². The fraction of sp³-hybridized carbons (Fsp3) is 0. The van der Waals surface area contributed by atoms with Gasteiger partial charge in [-0.25, -0.2) is 0 Å². The Hall–Kier alpha value is -2.61. The molecule has 0 aliphatic heterocycles. The van der Waals surface area contributed by atoms with Crippen LogP contribution in [0.4, 0.5) is 5.69 Å². The number of carbonyl (C=O) groups is 1. The van der Waals surface area contributed by atoms with Gasteiger partial charge in [-0.15, -0.1) is 0 Å². The fourth-order valence-corrected chi connectivity index (χ4v) is 2.93. The van der Waals surface area contributed by atoms with E-state index in [0.717, 1.165) is 28.1 Å². The molecule has 0 atom stereocenters. The van der Waals surface area contributed by atoms with Crippen molar-refractivity contribution in [3.63, 3.8) is 0 Å². The lowest BCUT2D eigenvalue weighted by molar-refractivity contribution is 0.112. The first-order valence-corrected chi connectivity index (χ1v) is 6.20. The van der Waals surface area contributed by atoms with Gasteiger partial charge in [-0.1, -0.05) is 30.3 Å². The maximum Gasteiger partial charge on any atom is 0.150 e. The summed E-state index contributed by atoms with van der Waals surface area (Å²) < 4.78 is 0. The van der Waals surface area contributed by atoms with Gasteiger partial charge in [0, 0.05) is 16.6 Å². The molecule has 0 unspecified atom stereocenters. The number of anilines is 1. The molecule has 0 saturated heterocycles. The molecule has 0 spiro atoms. The van der Waals surface area contributed by atoms with Crippen molar-refractivity contribution in [2.45, 2.75) is 0 Å². The minimum absolute atomic E-state index is 0.707. The minimum atomic E-state index is 0.707. The lowest BCUT2D eigenvalue weighted by Gasteiger charge is -2.12. The van der Waals surface area contributed by atoms with Crippen LogP contribution >= 0.6 is 0 Å². The van der Waals surface area contributed by atoms with Gasteiger partial charge >= 0.3 is 0 Å². The highest BCUT2D eigenvalue weighted by molar-refractivity contribution is 6.25. The maximum atomic E-state index is 11.0. The Labute approximate surface area is 109 Å². The Balaban J connectivity index is 2.38. The molecule has 4 aromatic carbocycles. The van der Waals surface area contributed by atoms with E-state index in [1.54, 1.807) is 0 Å². The molecular weight excluding hydrogens is 234 g/mol. The van der Waals surface area contributed by atoms with Crippen molar-refractivity contribution in [1.82, 2.24) is 0 Å². The first kappa shape index (κ1) is 10.3. The highest BCUT2D eigenvalue weighted by atomic mass is 16.1. The van der Waals surface area contributed by atoms with Crippen LogP contribution in [0.2, 0.25) is 0 Å². The summed E-state index contributed by atoms with van der Waals surface area (Å²) in [4.78, 5) is 11.0. The Morgan fingerprint density at radius 2 is 1.42 bits per heavy atom. The summed E-state index contributed by atoms with van der Waals surface area (Å²) in [7, 11) is 0. The van der Waals surface area contributed by atoms with Gasteiger partial charge in [0.25, 0.3) is 0 Å². The monoisotopic (exact) mass is 245 g/mol. The average Bonchev–Trinajstić information content (AvgIpc) is 2.46. The number of carbonyl (C=O) groups excluding carboxylic acids is 1. The molecule has 0 aliphatic rings. The van der Waals surface area contributed by atoms with E-state index in [9.17, 15) is 4.79 Å². The van der Waals surface area contributed by atoms with E-state index in [-0.39, 0.29) is 0 Å². The van der Waals surface area contributed by atoms with Crippen molar-refractivity contribution < 1.29 is 4.79 Å². The third-order valence-corrected chi connectivity index (χ3v) is 3.79. The van der Waals surface area contributed by atoms with Crippen LogP contribution in [0.3, 0.4) is 0 Å². The first-order valence-electron chi connectivity index (χ1n) is 6.20. The smallest absolute Gasteiger partial charge is 0.150 e. The van der Waals surface area contributed by atoms with Crippen molar-refractivity contribution in [2.24, 2.45) is 0 Å². The molecule has 0 heterocycles. The average molecular weight is 245 g/mol. The van der Waals surface area contributed by atoms with Crippen LogP contribution in [0.1, 0.15) is 10.4 Å². The second-order valence-electron chi connectivity index (χ2n) is 4.89. The molecule has 0 saturated carbocycles. The van der Waals surface area contributed by atoms with Gasteiger partial charge < -0.3 is 5.73 Å². The van der Waals surface area contributed by atoms with E-state index in [0.29, 0.717) is 5.56 Å². The molecular formula is C17H11NO. The number of hydrogen-bond donors (Lipinski definition) is 1. The summed E-state index contributed by atoms with van der Waals surface area (Å²) in [5.41, 5.74) is 7.57. The van der Waals surface area contributed by atoms with E-state index < -0.39 is 0 Å². The summed E-state index contributed by atoms with van der Waals surface area (Å²) in [6.45, 7) is 0. The Morgan fingerprint density at radius 3 is 2.16 bits per heavy atom. The number of aldehydes is 1. The largest absolute Gasteiger partial charge is 0.398 e. The van der Waals surface area contributed by atoms with Gasteiger partial charge in [-0.05, 0) is 45.1 Å². The van der Waals surface area contributed by atoms with E-state index in [1.165, 1.54) is 16.2 Å². The lowest BCUT2D eigenvalue weighted by atomic mass is 9.92. The molecule has 4 aromatic rings. The predicted octanol–water partition coefficient (Wildman–Crippen LogP) is 3.98. The van der Waals surface area contributed by atoms with E-state index in [2.05, 4.69) is 12.1 Å². The van der Waals surface area contributed by atoms with Crippen molar-refractivity contribution >= 4 is 44.3 Å². The second kappa shape index (κ2) is 3.45.